The number of ether oxygens (including phenoxy) is 2. The molecule has 1 aromatic rings. The van der Waals surface area contributed by atoms with Gasteiger partial charge < -0.3 is 14.8 Å². The van der Waals surface area contributed by atoms with Crippen molar-refractivity contribution in [3.63, 3.8) is 0 Å². The van der Waals surface area contributed by atoms with Crippen molar-refractivity contribution >= 4 is 23.8 Å². The number of methoxy groups -OCH3 is 1. The third-order valence-electron chi connectivity index (χ3n) is 2.65. The van der Waals surface area contributed by atoms with E-state index in [2.05, 4.69) is 10.1 Å². The lowest BCUT2D eigenvalue weighted by molar-refractivity contribution is -0.123. The van der Waals surface area contributed by atoms with E-state index in [4.69, 9.17) is 4.74 Å². The maximum atomic E-state index is 12.0. The largest absolute Gasteiger partial charge is 0.508 e. The Bertz CT molecular complexity index is 529. The lowest BCUT2D eigenvalue weighted by Gasteiger charge is -2.18. The van der Waals surface area contributed by atoms with Crippen LogP contribution in [0.15, 0.2) is 30.3 Å². The van der Waals surface area contributed by atoms with Crippen LogP contribution in [0.25, 0.3) is 6.08 Å². The van der Waals surface area contributed by atoms with Crippen LogP contribution in [-0.4, -0.2) is 25.8 Å². The second-order valence-electron chi connectivity index (χ2n) is 5.46. The molecule has 114 valence electrons. The van der Waals surface area contributed by atoms with Gasteiger partial charge in [-0.3, -0.25) is 4.79 Å². The van der Waals surface area contributed by atoms with E-state index in [1.54, 1.807) is 12.2 Å². The molecular formula is C16H21NO4. The van der Waals surface area contributed by atoms with E-state index >= 15 is 0 Å². The molecule has 1 amide bonds. The molecule has 1 aromatic carbocycles. The van der Waals surface area contributed by atoms with Crippen LogP contribution in [0.2, 0.25) is 0 Å². The minimum atomic E-state index is -0.728. The molecule has 0 aliphatic carbocycles. The summed E-state index contributed by atoms with van der Waals surface area (Å²) < 4.78 is 9.12. The molecule has 0 fully saturated rings. The van der Waals surface area contributed by atoms with Crippen molar-refractivity contribution in [1.82, 2.24) is 0 Å². The summed E-state index contributed by atoms with van der Waals surface area (Å²) in [6, 6.07) is 7.41. The first-order valence-corrected chi connectivity index (χ1v) is 6.62. The summed E-state index contributed by atoms with van der Waals surface area (Å²) in [6.45, 7) is 5.66. The Labute approximate surface area is 124 Å². The first-order valence-electron chi connectivity index (χ1n) is 6.62. The van der Waals surface area contributed by atoms with E-state index in [0.29, 0.717) is 5.69 Å². The molecule has 21 heavy (non-hydrogen) atoms. The molecule has 5 nitrogen and oxygen atoms in total. The lowest BCUT2D eigenvalue weighted by atomic mass is 9.95. The Hall–Kier alpha value is -2.30. The average Bonchev–Trinajstić information content (AvgIpc) is 2.43. The van der Waals surface area contributed by atoms with Crippen LogP contribution >= 0.6 is 0 Å². The van der Waals surface area contributed by atoms with Gasteiger partial charge in [0.05, 0.1) is 7.11 Å². The summed E-state index contributed by atoms with van der Waals surface area (Å²) in [7, 11) is 1.25. The molecule has 1 rings (SSSR count). The van der Waals surface area contributed by atoms with Crippen molar-refractivity contribution in [2.75, 3.05) is 19.0 Å². The van der Waals surface area contributed by atoms with E-state index in [-0.39, 0.29) is 12.5 Å². The highest BCUT2D eigenvalue weighted by Crippen LogP contribution is 2.21. The Balaban J connectivity index is 2.73. The SMILES string of the molecule is COC(=O)OC/C=C/c1ccccc1NC(=O)C(C)(C)C. The molecule has 0 aliphatic rings. The number of carbonyl (C=O) groups excluding carboxylic acids is 2. The number of hydrogen-bond acceptors (Lipinski definition) is 4. The van der Waals surface area contributed by atoms with Gasteiger partial charge in [-0.2, -0.15) is 0 Å². The van der Waals surface area contributed by atoms with Crippen LogP contribution in [0.5, 0.6) is 0 Å². The first-order chi connectivity index (χ1) is 9.84. The molecule has 0 bridgehead atoms. The van der Waals surface area contributed by atoms with Crippen LogP contribution in [0.3, 0.4) is 0 Å². The fourth-order valence-electron chi connectivity index (χ4n) is 1.42. The minimum Gasteiger partial charge on any atom is -0.438 e. The predicted molar refractivity (Wildman–Crippen MR) is 81.9 cm³/mol. The third-order valence-corrected chi connectivity index (χ3v) is 2.65. The van der Waals surface area contributed by atoms with Crippen molar-refractivity contribution in [2.45, 2.75) is 20.8 Å². The number of hydrogen-bond donors (Lipinski definition) is 1. The number of amides is 1. The Morgan fingerprint density at radius 1 is 1.24 bits per heavy atom. The van der Waals surface area contributed by atoms with Gasteiger partial charge in [0, 0.05) is 11.1 Å². The Morgan fingerprint density at radius 3 is 2.52 bits per heavy atom. The van der Waals surface area contributed by atoms with Gasteiger partial charge >= 0.3 is 6.16 Å². The van der Waals surface area contributed by atoms with Crippen LogP contribution < -0.4 is 5.32 Å². The van der Waals surface area contributed by atoms with Crippen molar-refractivity contribution < 1.29 is 19.1 Å². The quantitative estimate of drug-likeness (QED) is 0.863. The summed E-state index contributed by atoms with van der Waals surface area (Å²) in [4.78, 5) is 22.8. The summed E-state index contributed by atoms with van der Waals surface area (Å²) >= 11 is 0. The fourth-order valence-corrected chi connectivity index (χ4v) is 1.42. The molecule has 5 heteroatoms. The predicted octanol–water partition coefficient (Wildman–Crippen LogP) is 3.47. The highest BCUT2D eigenvalue weighted by Gasteiger charge is 2.21. The molecule has 0 aliphatic heterocycles. The fraction of sp³-hybridized carbons (Fsp3) is 0.375. The zero-order valence-corrected chi connectivity index (χ0v) is 12.8. The van der Waals surface area contributed by atoms with Crippen LogP contribution in [0, 0.1) is 5.41 Å². The normalized spacial score (nSPS) is 11.2. The van der Waals surface area contributed by atoms with Gasteiger partial charge in [0.1, 0.15) is 6.61 Å². The number of rotatable bonds is 4. The van der Waals surface area contributed by atoms with Crippen LogP contribution in [-0.2, 0) is 14.3 Å². The molecule has 0 saturated heterocycles. The van der Waals surface area contributed by atoms with Gasteiger partial charge in [-0.05, 0) is 17.7 Å². The number of carbonyl (C=O) groups is 2. The average molecular weight is 291 g/mol. The van der Waals surface area contributed by atoms with Gasteiger partial charge in [-0.15, -0.1) is 0 Å². The third kappa shape index (κ3) is 5.69. The molecular weight excluding hydrogens is 270 g/mol. The second-order valence-corrected chi connectivity index (χ2v) is 5.46. The standard InChI is InChI=1S/C16H21NO4/c1-16(2,3)14(18)17-13-10-6-5-8-12(13)9-7-11-21-15(19)20-4/h5-10H,11H2,1-4H3,(H,17,18)/b9-7+. The zero-order chi connectivity index (χ0) is 15.9. The number of benzene rings is 1. The monoisotopic (exact) mass is 291 g/mol. The molecule has 0 heterocycles. The van der Waals surface area contributed by atoms with E-state index < -0.39 is 11.6 Å². The summed E-state index contributed by atoms with van der Waals surface area (Å²) in [6.07, 6.45) is 2.73. The van der Waals surface area contributed by atoms with Gasteiger partial charge in [0.25, 0.3) is 0 Å². The Morgan fingerprint density at radius 2 is 1.90 bits per heavy atom. The Kier molecular flexibility index (Phi) is 5.96. The number of para-hydroxylation sites is 1. The molecule has 0 radical (unpaired) electrons. The van der Waals surface area contributed by atoms with E-state index in [1.807, 2.05) is 45.0 Å². The van der Waals surface area contributed by atoms with Crippen LogP contribution in [0.4, 0.5) is 10.5 Å². The van der Waals surface area contributed by atoms with Gasteiger partial charge in [-0.1, -0.05) is 45.0 Å². The molecule has 0 saturated carbocycles. The van der Waals surface area contributed by atoms with Crippen molar-refractivity contribution in [3.05, 3.63) is 35.9 Å². The van der Waals surface area contributed by atoms with Gasteiger partial charge in [0.2, 0.25) is 5.91 Å². The zero-order valence-electron chi connectivity index (χ0n) is 12.8. The van der Waals surface area contributed by atoms with Gasteiger partial charge in [-0.25, -0.2) is 4.79 Å². The van der Waals surface area contributed by atoms with E-state index in [1.165, 1.54) is 7.11 Å². The number of anilines is 1. The number of nitrogens with one attached hydrogen (secondary N) is 1. The molecule has 0 aromatic heterocycles. The molecule has 0 spiro atoms. The van der Waals surface area contributed by atoms with Gasteiger partial charge in [0.15, 0.2) is 0 Å². The maximum absolute atomic E-state index is 12.0. The van der Waals surface area contributed by atoms with Crippen LogP contribution in [0.1, 0.15) is 26.3 Å². The first kappa shape index (κ1) is 16.8. The smallest absolute Gasteiger partial charge is 0.438 e. The molecule has 0 unspecified atom stereocenters. The maximum Gasteiger partial charge on any atom is 0.508 e. The molecule has 0 atom stereocenters. The van der Waals surface area contributed by atoms with E-state index in [9.17, 15) is 9.59 Å². The highest BCUT2D eigenvalue weighted by molar-refractivity contribution is 5.96. The highest BCUT2D eigenvalue weighted by atomic mass is 16.7. The van der Waals surface area contributed by atoms with Crippen molar-refractivity contribution in [2.24, 2.45) is 5.41 Å². The molecule has 1 N–H and O–H groups in total. The topological polar surface area (TPSA) is 64.6 Å². The second kappa shape index (κ2) is 7.47. The van der Waals surface area contributed by atoms with E-state index in [0.717, 1.165) is 5.56 Å². The summed E-state index contributed by atoms with van der Waals surface area (Å²) in [5, 5.41) is 2.89. The minimum absolute atomic E-state index is 0.0610. The van der Waals surface area contributed by atoms with Crippen molar-refractivity contribution in [3.8, 4) is 0 Å². The van der Waals surface area contributed by atoms with Crippen molar-refractivity contribution in [1.29, 1.82) is 0 Å². The summed E-state index contributed by atoms with van der Waals surface area (Å²) in [5.74, 6) is -0.0610. The lowest BCUT2D eigenvalue weighted by Crippen LogP contribution is -2.27. The summed E-state index contributed by atoms with van der Waals surface area (Å²) in [5.41, 5.74) is 1.08.